The molecule has 18 heavy (non-hydrogen) atoms. The van der Waals surface area contributed by atoms with Gasteiger partial charge in [-0.3, -0.25) is 4.79 Å². The molecule has 2 unspecified atom stereocenters. The van der Waals surface area contributed by atoms with Gasteiger partial charge >= 0.3 is 0 Å². The van der Waals surface area contributed by atoms with E-state index in [1.54, 1.807) is 11.3 Å². The summed E-state index contributed by atoms with van der Waals surface area (Å²) in [5, 5.41) is 1.15. The summed E-state index contributed by atoms with van der Waals surface area (Å²) in [4.78, 5) is 17.9. The van der Waals surface area contributed by atoms with Crippen LogP contribution in [-0.4, -0.2) is 10.8 Å². The van der Waals surface area contributed by atoms with E-state index < -0.39 is 0 Å². The van der Waals surface area contributed by atoms with E-state index in [-0.39, 0.29) is 5.92 Å². The minimum atomic E-state index is 0.236. The van der Waals surface area contributed by atoms with Crippen LogP contribution in [0.15, 0.2) is 0 Å². The Bertz CT molecular complexity index is 405. The molecular formula is C15H23NOS. The lowest BCUT2D eigenvalue weighted by atomic mass is 9.77. The third-order valence-electron chi connectivity index (χ3n) is 4.06. The van der Waals surface area contributed by atoms with E-state index in [0.29, 0.717) is 5.78 Å². The largest absolute Gasteiger partial charge is 0.299 e. The normalized spacial score (nSPS) is 24.5. The van der Waals surface area contributed by atoms with Gasteiger partial charge < -0.3 is 0 Å². The molecule has 1 aliphatic carbocycles. The number of carbonyl (C=O) groups excluding carboxylic acids is 1. The molecule has 1 aromatic heterocycles. The Hall–Kier alpha value is -0.700. The SMILES string of the molecule is CCCC1CCC(=O)C(Cc2nc(C)c(C)s2)C1. The fourth-order valence-corrected chi connectivity index (χ4v) is 3.92. The van der Waals surface area contributed by atoms with Crippen LogP contribution in [0.5, 0.6) is 0 Å². The fourth-order valence-electron chi connectivity index (χ4n) is 2.91. The van der Waals surface area contributed by atoms with Gasteiger partial charge in [0.1, 0.15) is 5.78 Å². The van der Waals surface area contributed by atoms with Crippen molar-refractivity contribution >= 4 is 17.1 Å². The molecule has 2 nitrogen and oxygen atoms in total. The van der Waals surface area contributed by atoms with Gasteiger partial charge in [-0.15, -0.1) is 11.3 Å². The van der Waals surface area contributed by atoms with Crippen molar-refractivity contribution in [3.05, 3.63) is 15.6 Å². The maximum absolute atomic E-state index is 12.0. The summed E-state index contributed by atoms with van der Waals surface area (Å²) in [7, 11) is 0. The average molecular weight is 265 g/mol. The zero-order valence-electron chi connectivity index (χ0n) is 11.7. The van der Waals surface area contributed by atoms with Crippen LogP contribution < -0.4 is 0 Å². The second-order valence-corrected chi connectivity index (χ2v) is 6.83. The molecule has 1 fully saturated rings. The number of aryl methyl sites for hydroxylation is 2. The highest BCUT2D eigenvalue weighted by Gasteiger charge is 2.29. The molecule has 0 aliphatic heterocycles. The van der Waals surface area contributed by atoms with Crippen molar-refractivity contribution in [2.45, 2.75) is 59.3 Å². The van der Waals surface area contributed by atoms with E-state index >= 15 is 0 Å². The van der Waals surface area contributed by atoms with Crippen LogP contribution in [-0.2, 0) is 11.2 Å². The molecule has 1 heterocycles. The Labute approximate surface area is 114 Å². The van der Waals surface area contributed by atoms with Gasteiger partial charge in [-0.25, -0.2) is 4.98 Å². The molecule has 0 N–H and O–H groups in total. The van der Waals surface area contributed by atoms with Gasteiger partial charge in [0, 0.05) is 23.6 Å². The fraction of sp³-hybridized carbons (Fsp3) is 0.733. The van der Waals surface area contributed by atoms with E-state index in [0.717, 1.165) is 42.3 Å². The second kappa shape index (κ2) is 5.96. The quantitative estimate of drug-likeness (QED) is 0.820. The topological polar surface area (TPSA) is 30.0 Å². The molecule has 0 aromatic carbocycles. The Morgan fingerprint density at radius 3 is 2.78 bits per heavy atom. The van der Waals surface area contributed by atoms with Crippen LogP contribution in [0.1, 0.15) is 54.6 Å². The first-order valence-electron chi connectivity index (χ1n) is 7.05. The van der Waals surface area contributed by atoms with Crippen molar-refractivity contribution in [1.29, 1.82) is 0 Å². The maximum Gasteiger partial charge on any atom is 0.136 e. The summed E-state index contributed by atoms with van der Waals surface area (Å²) >= 11 is 1.76. The summed E-state index contributed by atoms with van der Waals surface area (Å²) in [6, 6.07) is 0. The Kier molecular flexibility index (Phi) is 4.55. The van der Waals surface area contributed by atoms with Crippen molar-refractivity contribution in [2.24, 2.45) is 11.8 Å². The molecule has 2 rings (SSSR count). The van der Waals surface area contributed by atoms with Crippen LogP contribution in [0.4, 0.5) is 0 Å². The molecule has 0 saturated heterocycles. The summed E-state index contributed by atoms with van der Waals surface area (Å²) in [5.74, 6) is 1.47. The first-order valence-corrected chi connectivity index (χ1v) is 7.87. The molecule has 1 aliphatic rings. The Balaban J connectivity index is 2.00. The average Bonchev–Trinajstić information content (AvgIpc) is 2.63. The first kappa shape index (κ1) is 13.7. The lowest BCUT2D eigenvalue weighted by Crippen LogP contribution is -2.26. The summed E-state index contributed by atoms with van der Waals surface area (Å²) < 4.78 is 0. The van der Waals surface area contributed by atoms with Gasteiger partial charge in [-0.1, -0.05) is 19.8 Å². The van der Waals surface area contributed by atoms with E-state index in [4.69, 9.17) is 0 Å². The van der Waals surface area contributed by atoms with Crippen molar-refractivity contribution < 1.29 is 4.79 Å². The molecule has 3 heteroatoms. The van der Waals surface area contributed by atoms with Crippen LogP contribution in [0.3, 0.4) is 0 Å². The molecule has 0 bridgehead atoms. The van der Waals surface area contributed by atoms with Gasteiger partial charge in [0.2, 0.25) is 0 Å². The molecule has 100 valence electrons. The predicted octanol–water partition coefficient (Wildman–Crippen LogP) is 4.09. The number of aromatic nitrogens is 1. The van der Waals surface area contributed by atoms with Gasteiger partial charge in [-0.2, -0.15) is 0 Å². The van der Waals surface area contributed by atoms with E-state index in [1.807, 2.05) is 0 Å². The monoisotopic (exact) mass is 265 g/mol. The summed E-state index contributed by atoms with van der Waals surface area (Å²) in [5.41, 5.74) is 1.13. The van der Waals surface area contributed by atoms with Crippen LogP contribution in [0, 0.1) is 25.7 Å². The van der Waals surface area contributed by atoms with E-state index in [9.17, 15) is 4.79 Å². The number of Topliss-reactive ketones (excluding diaryl/α,β-unsaturated/α-hetero) is 1. The van der Waals surface area contributed by atoms with E-state index in [2.05, 4.69) is 25.8 Å². The van der Waals surface area contributed by atoms with Gasteiger partial charge in [0.05, 0.1) is 10.7 Å². The number of hydrogen-bond acceptors (Lipinski definition) is 3. The Morgan fingerprint density at radius 1 is 1.39 bits per heavy atom. The smallest absolute Gasteiger partial charge is 0.136 e. The van der Waals surface area contributed by atoms with E-state index in [1.165, 1.54) is 17.7 Å². The molecule has 0 spiro atoms. The summed E-state index contributed by atoms with van der Waals surface area (Å²) in [6.45, 7) is 6.40. The van der Waals surface area contributed by atoms with Gasteiger partial charge in [0.15, 0.2) is 0 Å². The van der Waals surface area contributed by atoms with Crippen molar-refractivity contribution in [1.82, 2.24) is 4.98 Å². The molecular weight excluding hydrogens is 242 g/mol. The zero-order valence-corrected chi connectivity index (χ0v) is 12.5. The third-order valence-corrected chi connectivity index (χ3v) is 5.16. The van der Waals surface area contributed by atoms with Crippen molar-refractivity contribution in [3.8, 4) is 0 Å². The predicted molar refractivity (Wildman–Crippen MR) is 76.0 cm³/mol. The Morgan fingerprint density at radius 2 is 2.17 bits per heavy atom. The number of thiazole rings is 1. The minimum absolute atomic E-state index is 0.236. The number of hydrogen-bond donors (Lipinski definition) is 0. The highest BCUT2D eigenvalue weighted by Crippen LogP contribution is 2.32. The van der Waals surface area contributed by atoms with Crippen molar-refractivity contribution in [2.75, 3.05) is 0 Å². The van der Waals surface area contributed by atoms with Crippen LogP contribution >= 0.6 is 11.3 Å². The summed E-state index contributed by atoms with van der Waals surface area (Å²) in [6.07, 6.45) is 6.38. The highest BCUT2D eigenvalue weighted by molar-refractivity contribution is 7.11. The standard InChI is InChI=1S/C15H23NOS/c1-4-5-12-6-7-14(17)13(8-12)9-15-16-10(2)11(3)18-15/h12-13H,4-9H2,1-3H3. The first-order chi connectivity index (χ1) is 8.60. The lowest BCUT2D eigenvalue weighted by Gasteiger charge is -2.27. The molecule has 2 atom stereocenters. The molecule has 1 aromatic rings. The van der Waals surface area contributed by atoms with Crippen LogP contribution in [0.25, 0.3) is 0 Å². The number of rotatable bonds is 4. The van der Waals surface area contributed by atoms with Gasteiger partial charge in [0.25, 0.3) is 0 Å². The zero-order chi connectivity index (χ0) is 13.1. The molecule has 1 saturated carbocycles. The number of nitrogens with zero attached hydrogens (tertiary/aromatic N) is 1. The third kappa shape index (κ3) is 3.19. The van der Waals surface area contributed by atoms with Gasteiger partial charge in [-0.05, 0) is 32.6 Å². The van der Waals surface area contributed by atoms with Crippen molar-refractivity contribution in [3.63, 3.8) is 0 Å². The molecule has 0 radical (unpaired) electrons. The number of carbonyl (C=O) groups is 1. The second-order valence-electron chi connectivity index (χ2n) is 5.55. The number of ketones is 1. The highest BCUT2D eigenvalue weighted by atomic mass is 32.1. The maximum atomic E-state index is 12.0. The minimum Gasteiger partial charge on any atom is -0.299 e. The van der Waals surface area contributed by atoms with Crippen LogP contribution in [0.2, 0.25) is 0 Å². The lowest BCUT2D eigenvalue weighted by molar-refractivity contribution is -0.125. The molecule has 0 amide bonds.